The van der Waals surface area contributed by atoms with Crippen LogP contribution in [0.3, 0.4) is 0 Å². The minimum atomic E-state index is -0.309. The Kier molecular flexibility index (Phi) is 10.3. The predicted octanol–water partition coefficient (Wildman–Crippen LogP) is 7.54. The van der Waals surface area contributed by atoms with E-state index in [-0.39, 0.29) is 24.2 Å². The van der Waals surface area contributed by atoms with Gasteiger partial charge < -0.3 is 18.9 Å². The Morgan fingerprint density at radius 3 is 1.32 bits per heavy atom. The molecule has 0 amide bonds. The molecule has 0 unspecified atom stereocenters. The molecule has 0 fully saturated rings. The average Bonchev–Trinajstić information content (AvgIpc) is 3.01. The van der Waals surface area contributed by atoms with Crippen molar-refractivity contribution in [3.63, 3.8) is 0 Å². The van der Waals surface area contributed by atoms with E-state index in [2.05, 4.69) is 61.5 Å². The average molecular weight is 535 g/mol. The molecule has 0 aromatic heterocycles. The standard InChI is InChI=1S/C36H38O4/c1-28-22-33(27-37-23-29-14-6-2-7-15-29)35(39-25-31-18-10-4-11-19-31)36(40-26-32-20-12-5-13-21-32)34(28)38-24-30-16-8-3-9-17-30/h2-22,28,34-36H,23-27H2,1H3/t28-,34+,35-,36-/m1/s1. The highest BCUT2D eigenvalue weighted by molar-refractivity contribution is 5.23. The summed E-state index contributed by atoms with van der Waals surface area (Å²) in [7, 11) is 0. The van der Waals surface area contributed by atoms with Crippen LogP contribution in [0.1, 0.15) is 29.2 Å². The van der Waals surface area contributed by atoms with Gasteiger partial charge in [-0.2, -0.15) is 0 Å². The molecular weight excluding hydrogens is 496 g/mol. The van der Waals surface area contributed by atoms with Gasteiger partial charge in [0.05, 0.1) is 39.1 Å². The van der Waals surface area contributed by atoms with Gasteiger partial charge >= 0.3 is 0 Å². The summed E-state index contributed by atoms with van der Waals surface area (Å²) in [5.74, 6) is 0.122. The van der Waals surface area contributed by atoms with Crippen LogP contribution in [0.25, 0.3) is 0 Å². The molecule has 40 heavy (non-hydrogen) atoms. The van der Waals surface area contributed by atoms with Crippen LogP contribution in [0.2, 0.25) is 0 Å². The Hall–Kier alpha value is -3.54. The molecule has 5 rings (SSSR count). The lowest BCUT2D eigenvalue weighted by atomic mass is 9.84. The Morgan fingerprint density at radius 1 is 0.450 bits per heavy atom. The third-order valence-electron chi connectivity index (χ3n) is 7.21. The first-order chi connectivity index (χ1) is 19.8. The third kappa shape index (κ3) is 8.00. The Balaban J connectivity index is 1.38. The number of rotatable bonds is 13. The van der Waals surface area contributed by atoms with Gasteiger partial charge in [0, 0.05) is 5.92 Å². The minimum absolute atomic E-state index is 0.122. The van der Waals surface area contributed by atoms with Gasteiger partial charge in [-0.3, -0.25) is 0 Å². The van der Waals surface area contributed by atoms with Crippen LogP contribution in [0.15, 0.2) is 133 Å². The summed E-state index contributed by atoms with van der Waals surface area (Å²) in [5, 5.41) is 0. The topological polar surface area (TPSA) is 36.9 Å². The van der Waals surface area contributed by atoms with Gasteiger partial charge in [0.15, 0.2) is 0 Å². The summed E-state index contributed by atoms with van der Waals surface area (Å²) in [6.07, 6.45) is 1.47. The molecule has 0 bridgehead atoms. The molecule has 4 atom stereocenters. The molecular formula is C36H38O4. The number of hydrogen-bond donors (Lipinski definition) is 0. The summed E-state index contributed by atoms with van der Waals surface area (Å²) in [5.41, 5.74) is 5.62. The van der Waals surface area contributed by atoms with Crippen molar-refractivity contribution in [2.45, 2.75) is 51.7 Å². The maximum atomic E-state index is 6.69. The van der Waals surface area contributed by atoms with E-state index in [0.29, 0.717) is 33.0 Å². The first-order valence-corrected chi connectivity index (χ1v) is 14.0. The van der Waals surface area contributed by atoms with E-state index in [1.165, 1.54) is 0 Å². The smallest absolute Gasteiger partial charge is 0.115 e. The van der Waals surface area contributed by atoms with Crippen molar-refractivity contribution in [1.82, 2.24) is 0 Å². The summed E-state index contributed by atoms with van der Waals surface area (Å²) in [4.78, 5) is 0. The highest BCUT2D eigenvalue weighted by atomic mass is 16.6. The zero-order valence-electron chi connectivity index (χ0n) is 23.1. The highest BCUT2D eigenvalue weighted by Gasteiger charge is 2.41. The lowest BCUT2D eigenvalue weighted by molar-refractivity contribution is -0.159. The van der Waals surface area contributed by atoms with Crippen molar-refractivity contribution >= 4 is 0 Å². The van der Waals surface area contributed by atoms with Crippen LogP contribution in [0.5, 0.6) is 0 Å². The minimum Gasteiger partial charge on any atom is -0.372 e. The first-order valence-electron chi connectivity index (χ1n) is 14.0. The predicted molar refractivity (Wildman–Crippen MR) is 158 cm³/mol. The van der Waals surface area contributed by atoms with Crippen molar-refractivity contribution in [3.8, 4) is 0 Å². The van der Waals surface area contributed by atoms with E-state index >= 15 is 0 Å². The molecule has 4 heteroatoms. The van der Waals surface area contributed by atoms with Gasteiger partial charge in [0.2, 0.25) is 0 Å². The molecule has 1 aliphatic rings. The van der Waals surface area contributed by atoms with Crippen LogP contribution in [-0.4, -0.2) is 24.9 Å². The molecule has 0 aliphatic heterocycles. The molecule has 0 saturated heterocycles. The maximum absolute atomic E-state index is 6.69. The Labute approximate surface area is 238 Å². The quantitative estimate of drug-likeness (QED) is 0.166. The molecule has 4 aromatic rings. The molecule has 4 aromatic carbocycles. The van der Waals surface area contributed by atoms with Crippen molar-refractivity contribution in [2.24, 2.45) is 5.92 Å². The number of hydrogen-bond acceptors (Lipinski definition) is 4. The number of benzene rings is 4. The first kappa shape index (κ1) is 28.0. The molecule has 0 heterocycles. The van der Waals surface area contributed by atoms with Crippen molar-refractivity contribution in [1.29, 1.82) is 0 Å². The Morgan fingerprint density at radius 2 is 0.850 bits per heavy atom. The lowest BCUT2D eigenvalue weighted by Gasteiger charge is -2.41. The van der Waals surface area contributed by atoms with Gasteiger partial charge in [0.1, 0.15) is 12.2 Å². The van der Waals surface area contributed by atoms with Crippen LogP contribution in [0, 0.1) is 5.92 Å². The molecule has 206 valence electrons. The van der Waals surface area contributed by atoms with Gasteiger partial charge in [-0.15, -0.1) is 0 Å². The van der Waals surface area contributed by atoms with Crippen LogP contribution in [0.4, 0.5) is 0 Å². The maximum Gasteiger partial charge on any atom is 0.115 e. The van der Waals surface area contributed by atoms with Crippen LogP contribution >= 0.6 is 0 Å². The number of ether oxygens (including phenoxy) is 4. The van der Waals surface area contributed by atoms with E-state index in [9.17, 15) is 0 Å². The van der Waals surface area contributed by atoms with Gasteiger partial charge in [-0.05, 0) is 27.8 Å². The van der Waals surface area contributed by atoms with E-state index in [1.54, 1.807) is 0 Å². The summed E-state index contributed by atoms with van der Waals surface area (Å²) < 4.78 is 26.2. The SMILES string of the molecule is C[C@@H]1C=C(COCc2ccccc2)[C@@H](OCc2ccccc2)[C@H](OCc2ccccc2)[C@H]1OCc1ccccc1. The molecule has 1 aliphatic carbocycles. The summed E-state index contributed by atoms with van der Waals surface area (Å²) in [6.45, 7) is 4.68. The fraction of sp³-hybridized carbons (Fsp3) is 0.278. The Bertz CT molecular complexity index is 1290. The highest BCUT2D eigenvalue weighted by Crippen LogP contribution is 2.33. The molecule has 0 spiro atoms. The second-order valence-electron chi connectivity index (χ2n) is 10.3. The van der Waals surface area contributed by atoms with Crippen molar-refractivity contribution in [2.75, 3.05) is 6.61 Å². The lowest BCUT2D eigenvalue weighted by Crippen LogP contribution is -2.50. The molecule has 4 nitrogen and oxygen atoms in total. The van der Waals surface area contributed by atoms with Crippen LogP contribution < -0.4 is 0 Å². The fourth-order valence-electron chi connectivity index (χ4n) is 5.13. The zero-order valence-corrected chi connectivity index (χ0v) is 23.1. The molecule has 0 radical (unpaired) electrons. The van der Waals surface area contributed by atoms with E-state index < -0.39 is 0 Å². The third-order valence-corrected chi connectivity index (χ3v) is 7.21. The normalized spacial score (nSPS) is 20.7. The summed E-state index contributed by atoms with van der Waals surface area (Å²) in [6, 6.07) is 41.1. The largest absolute Gasteiger partial charge is 0.372 e. The van der Waals surface area contributed by atoms with Crippen molar-refractivity contribution in [3.05, 3.63) is 155 Å². The summed E-state index contributed by atoms with van der Waals surface area (Å²) >= 11 is 0. The second kappa shape index (κ2) is 14.7. The molecule has 0 saturated carbocycles. The van der Waals surface area contributed by atoms with Gasteiger partial charge in [0.25, 0.3) is 0 Å². The molecule has 0 N–H and O–H groups in total. The van der Waals surface area contributed by atoms with E-state index in [0.717, 1.165) is 27.8 Å². The van der Waals surface area contributed by atoms with Crippen molar-refractivity contribution < 1.29 is 18.9 Å². The van der Waals surface area contributed by atoms with Gasteiger partial charge in [-0.1, -0.05) is 134 Å². The monoisotopic (exact) mass is 534 g/mol. The zero-order chi connectivity index (χ0) is 27.4. The van der Waals surface area contributed by atoms with E-state index in [1.807, 2.05) is 72.8 Å². The fourth-order valence-corrected chi connectivity index (χ4v) is 5.13. The van der Waals surface area contributed by atoms with E-state index in [4.69, 9.17) is 18.9 Å². The van der Waals surface area contributed by atoms with Gasteiger partial charge in [-0.25, -0.2) is 0 Å². The second-order valence-corrected chi connectivity index (χ2v) is 10.3. The van der Waals surface area contributed by atoms with Crippen LogP contribution in [-0.2, 0) is 45.4 Å².